The van der Waals surface area contributed by atoms with Gasteiger partial charge in [-0.3, -0.25) is 9.48 Å². The molecular formula is C16H20ClN3O2. The first-order valence-corrected chi connectivity index (χ1v) is 7.52. The van der Waals surface area contributed by atoms with Crippen LogP contribution < -0.4 is 10.1 Å². The molecule has 0 radical (unpaired) electrons. The second kappa shape index (κ2) is 7.31. The highest BCUT2D eigenvalue weighted by atomic mass is 35.5. The van der Waals surface area contributed by atoms with Gasteiger partial charge < -0.3 is 10.1 Å². The van der Waals surface area contributed by atoms with Gasteiger partial charge >= 0.3 is 0 Å². The average Bonchev–Trinajstić information content (AvgIpc) is 2.87. The van der Waals surface area contributed by atoms with E-state index in [1.807, 2.05) is 27.0 Å². The zero-order valence-corrected chi connectivity index (χ0v) is 13.7. The third-order valence-electron chi connectivity index (χ3n) is 3.29. The summed E-state index contributed by atoms with van der Waals surface area (Å²) in [4.78, 5) is 12.4. The van der Waals surface area contributed by atoms with Gasteiger partial charge in [0.15, 0.2) is 6.10 Å². The molecule has 118 valence electrons. The van der Waals surface area contributed by atoms with Crippen molar-refractivity contribution in [3.8, 4) is 5.75 Å². The van der Waals surface area contributed by atoms with Crippen LogP contribution in [0, 0.1) is 5.92 Å². The minimum Gasteiger partial charge on any atom is -0.480 e. The summed E-state index contributed by atoms with van der Waals surface area (Å²) < 4.78 is 7.52. The van der Waals surface area contributed by atoms with Crippen LogP contribution in [-0.2, 0) is 18.4 Å². The molecule has 0 spiro atoms. The first kappa shape index (κ1) is 16.4. The van der Waals surface area contributed by atoms with E-state index in [1.165, 1.54) is 0 Å². The Bertz CT molecular complexity index is 640. The van der Waals surface area contributed by atoms with Gasteiger partial charge in [-0.1, -0.05) is 31.5 Å². The van der Waals surface area contributed by atoms with Gasteiger partial charge in [-0.2, -0.15) is 5.10 Å². The fraction of sp³-hybridized carbons (Fsp3) is 0.375. The molecule has 1 unspecified atom stereocenters. The van der Waals surface area contributed by atoms with Crippen molar-refractivity contribution in [1.29, 1.82) is 0 Å². The first-order chi connectivity index (χ1) is 10.5. The maximum atomic E-state index is 12.4. The van der Waals surface area contributed by atoms with Crippen molar-refractivity contribution in [2.24, 2.45) is 13.0 Å². The summed E-state index contributed by atoms with van der Waals surface area (Å²) in [6.07, 6.45) is 1.12. The number of ether oxygens (including phenoxy) is 1. The Morgan fingerprint density at radius 3 is 2.77 bits per heavy atom. The molecule has 0 aliphatic heterocycles. The number of halogens is 1. The van der Waals surface area contributed by atoms with E-state index in [2.05, 4.69) is 10.4 Å². The van der Waals surface area contributed by atoms with Gasteiger partial charge in [0.2, 0.25) is 0 Å². The first-order valence-electron chi connectivity index (χ1n) is 7.14. The largest absolute Gasteiger partial charge is 0.480 e. The van der Waals surface area contributed by atoms with E-state index in [0.717, 1.165) is 5.69 Å². The maximum Gasteiger partial charge on any atom is 0.261 e. The van der Waals surface area contributed by atoms with E-state index >= 15 is 0 Å². The Morgan fingerprint density at radius 2 is 2.18 bits per heavy atom. The summed E-state index contributed by atoms with van der Waals surface area (Å²) in [6.45, 7) is 4.30. The lowest BCUT2D eigenvalue weighted by atomic mass is 10.1. The molecule has 0 saturated carbocycles. The van der Waals surface area contributed by atoms with Crippen LogP contribution in [0.4, 0.5) is 0 Å². The lowest BCUT2D eigenvalue weighted by Gasteiger charge is -2.22. The standard InChI is InChI=1S/C16H20ClN3O2/c1-11(2)15(22-14-6-4-5-12(17)9-14)16(21)18-10-13-7-8-19-20(13)3/h4-9,11,15H,10H2,1-3H3,(H,18,21). The monoisotopic (exact) mass is 321 g/mol. The van der Waals surface area contributed by atoms with Crippen LogP contribution in [0.1, 0.15) is 19.5 Å². The fourth-order valence-corrected chi connectivity index (χ4v) is 2.21. The summed E-state index contributed by atoms with van der Waals surface area (Å²) in [6, 6.07) is 8.91. The van der Waals surface area contributed by atoms with Gasteiger partial charge in [-0.05, 0) is 30.2 Å². The third kappa shape index (κ3) is 4.24. The van der Waals surface area contributed by atoms with Gasteiger partial charge in [0.25, 0.3) is 5.91 Å². The summed E-state index contributed by atoms with van der Waals surface area (Å²) in [5, 5.41) is 7.53. The predicted octanol–water partition coefficient (Wildman–Crippen LogP) is 2.79. The number of hydrogen-bond acceptors (Lipinski definition) is 3. The maximum absolute atomic E-state index is 12.4. The molecule has 0 aliphatic rings. The summed E-state index contributed by atoms with van der Waals surface area (Å²) in [5.41, 5.74) is 0.929. The van der Waals surface area contributed by atoms with Gasteiger partial charge in [0, 0.05) is 18.3 Å². The number of aryl methyl sites for hydroxylation is 1. The molecule has 0 aliphatic carbocycles. The molecule has 1 amide bonds. The number of nitrogens with zero attached hydrogens (tertiary/aromatic N) is 2. The zero-order valence-electron chi connectivity index (χ0n) is 12.9. The van der Waals surface area contributed by atoms with Crippen LogP contribution in [0.5, 0.6) is 5.75 Å². The van der Waals surface area contributed by atoms with Crippen molar-refractivity contribution in [3.63, 3.8) is 0 Å². The molecule has 0 saturated heterocycles. The highest BCUT2D eigenvalue weighted by molar-refractivity contribution is 6.30. The van der Waals surface area contributed by atoms with Gasteiger partial charge in [-0.25, -0.2) is 0 Å². The Labute approximate surface area is 135 Å². The Morgan fingerprint density at radius 1 is 1.41 bits per heavy atom. The smallest absolute Gasteiger partial charge is 0.261 e. The predicted molar refractivity (Wildman–Crippen MR) is 85.8 cm³/mol. The van der Waals surface area contributed by atoms with E-state index in [9.17, 15) is 4.79 Å². The number of aromatic nitrogens is 2. The molecule has 0 fully saturated rings. The molecule has 1 aromatic heterocycles. The van der Waals surface area contributed by atoms with E-state index in [4.69, 9.17) is 16.3 Å². The Kier molecular flexibility index (Phi) is 5.44. The van der Waals surface area contributed by atoms with Gasteiger partial charge in [0.05, 0.1) is 12.2 Å². The SMILES string of the molecule is CC(C)C(Oc1cccc(Cl)c1)C(=O)NCc1ccnn1C. The van der Waals surface area contributed by atoms with Crippen molar-refractivity contribution < 1.29 is 9.53 Å². The number of carbonyl (C=O) groups is 1. The van der Waals surface area contributed by atoms with Crippen LogP contribution in [0.15, 0.2) is 36.5 Å². The highest BCUT2D eigenvalue weighted by Gasteiger charge is 2.24. The molecule has 1 heterocycles. The second-order valence-electron chi connectivity index (χ2n) is 5.40. The highest BCUT2D eigenvalue weighted by Crippen LogP contribution is 2.20. The van der Waals surface area contributed by atoms with Gasteiger partial charge in [0.1, 0.15) is 5.75 Å². The van der Waals surface area contributed by atoms with Crippen molar-refractivity contribution >= 4 is 17.5 Å². The molecule has 1 atom stereocenters. The van der Waals surface area contributed by atoms with E-state index in [-0.39, 0.29) is 11.8 Å². The summed E-state index contributed by atoms with van der Waals surface area (Å²) >= 11 is 5.94. The van der Waals surface area contributed by atoms with Crippen LogP contribution in [0.25, 0.3) is 0 Å². The number of carbonyl (C=O) groups excluding carboxylic acids is 1. The van der Waals surface area contributed by atoms with E-state index in [0.29, 0.717) is 17.3 Å². The summed E-state index contributed by atoms with van der Waals surface area (Å²) in [7, 11) is 1.84. The summed E-state index contributed by atoms with van der Waals surface area (Å²) in [5.74, 6) is 0.462. The van der Waals surface area contributed by atoms with Crippen LogP contribution in [-0.4, -0.2) is 21.8 Å². The Balaban J connectivity index is 2.01. The van der Waals surface area contributed by atoms with E-state index in [1.54, 1.807) is 35.1 Å². The number of hydrogen-bond donors (Lipinski definition) is 1. The van der Waals surface area contributed by atoms with E-state index < -0.39 is 6.10 Å². The van der Waals surface area contributed by atoms with Crippen LogP contribution in [0.3, 0.4) is 0 Å². The van der Waals surface area contributed by atoms with Crippen LogP contribution in [0.2, 0.25) is 5.02 Å². The number of nitrogens with one attached hydrogen (secondary N) is 1. The van der Waals surface area contributed by atoms with Crippen LogP contribution >= 0.6 is 11.6 Å². The lowest BCUT2D eigenvalue weighted by molar-refractivity contribution is -0.130. The molecule has 2 rings (SSSR count). The molecular weight excluding hydrogens is 302 g/mol. The zero-order chi connectivity index (χ0) is 16.1. The Hall–Kier alpha value is -2.01. The topological polar surface area (TPSA) is 56.1 Å². The molecule has 22 heavy (non-hydrogen) atoms. The van der Waals surface area contributed by atoms with Gasteiger partial charge in [-0.15, -0.1) is 0 Å². The molecule has 6 heteroatoms. The molecule has 2 aromatic rings. The minimum absolute atomic E-state index is 0.0329. The normalized spacial score (nSPS) is 12.2. The van der Waals surface area contributed by atoms with Crippen molar-refractivity contribution in [1.82, 2.24) is 15.1 Å². The molecule has 1 N–H and O–H groups in total. The molecule has 1 aromatic carbocycles. The molecule has 0 bridgehead atoms. The fourth-order valence-electron chi connectivity index (χ4n) is 2.03. The molecule has 5 nitrogen and oxygen atoms in total. The average molecular weight is 322 g/mol. The minimum atomic E-state index is -0.577. The van der Waals surface area contributed by atoms with Crippen molar-refractivity contribution in [2.75, 3.05) is 0 Å². The van der Waals surface area contributed by atoms with Crippen molar-refractivity contribution in [2.45, 2.75) is 26.5 Å². The lowest BCUT2D eigenvalue weighted by Crippen LogP contribution is -2.41. The van der Waals surface area contributed by atoms with Crippen molar-refractivity contribution in [3.05, 3.63) is 47.2 Å². The second-order valence-corrected chi connectivity index (χ2v) is 5.84. The third-order valence-corrected chi connectivity index (χ3v) is 3.52. The number of amides is 1. The quantitative estimate of drug-likeness (QED) is 0.890. The number of rotatable bonds is 6. The number of benzene rings is 1.